The summed E-state index contributed by atoms with van der Waals surface area (Å²) < 4.78 is 0. The van der Waals surface area contributed by atoms with Crippen molar-refractivity contribution in [2.24, 2.45) is 11.7 Å². The summed E-state index contributed by atoms with van der Waals surface area (Å²) in [5.74, 6) is -0.230. The molecule has 0 saturated heterocycles. The molecule has 18 heavy (non-hydrogen) atoms. The van der Waals surface area contributed by atoms with Crippen LogP contribution in [0.3, 0.4) is 0 Å². The molecular weight excluding hydrogens is 228 g/mol. The monoisotopic (exact) mass is 250 g/mol. The van der Waals surface area contributed by atoms with Gasteiger partial charge in [0, 0.05) is 18.5 Å². The molecule has 0 aromatic heterocycles. The maximum Gasteiger partial charge on any atom is 0.224 e. The number of amides is 1. The molecule has 4 N–H and O–H groups in total. The van der Waals surface area contributed by atoms with Gasteiger partial charge in [-0.15, -0.1) is 0 Å². The average Bonchev–Trinajstić information content (AvgIpc) is 2.35. The zero-order chi connectivity index (χ0) is 13.7. The Kier molecular flexibility index (Phi) is 5.31. The van der Waals surface area contributed by atoms with Crippen molar-refractivity contribution in [1.82, 2.24) is 5.32 Å². The molecule has 0 radical (unpaired) electrons. The van der Waals surface area contributed by atoms with Crippen LogP contribution >= 0.6 is 0 Å². The van der Waals surface area contributed by atoms with Crippen LogP contribution < -0.4 is 11.1 Å². The lowest BCUT2D eigenvalue weighted by Crippen LogP contribution is -2.38. The molecule has 0 spiro atoms. The molecule has 0 aliphatic heterocycles. The van der Waals surface area contributed by atoms with Crippen LogP contribution in [0.25, 0.3) is 0 Å². The molecule has 4 nitrogen and oxygen atoms in total. The third kappa shape index (κ3) is 4.13. The van der Waals surface area contributed by atoms with Gasteiger partial charge in [-0.3, -0.25) is 4.79 Å². The van der Waals surface area contributed by atoms with Crippen molar-refractivity contribution in [3.05, 3.63) is 35.4 Å². The lowest BCUT2D eigenvalue weighted by molar-refractivity contribution is -0.125. The fourth-order valence-corrected chi connectivity index (χ4v) is 1.50. The Bertz CT molecular complexity index is 385. The number of benzene rings is 1. The van der Waals surface area contributed by atoms with Gasteiger partial charge in [0.05, 0.1) is 6.10 Å². The highest BCUT2D eigenvalue weighted by molar-refractivity contribution is 5.78. The van der Waals surface area contributed by atoms with E-state index in [1.807, 2.05) is 38.1 Å². The number of aliphatic hydroxyl groups is 1. The minimum absolute atomic E-state index is 0.0374. The first-order valence-corrected chi connectivity index (χ1v) is 6.22. The smallest absolute Gasteiger partial charge is 0.224 e. The Morgan fingerprint density at radius 3 is 2.28 bits per heavy atom. The van der Waals surface area contributed by atoms with Gasteiger partial charge < -0.3 is 16.2 Å². The van der Waals surface area contributed by atoms with E-state index in [9.17, 15) is 9.90 Å². The fraction of sp³-hybridized carbons (Fsp3) is 0.500. The van der Waals surface area contributed by atoms with Crippen LogP contribution in [0.5, 0.6) is 0 Å². The minimum Gasteiger partial charge on any atom is -0.389 e. The van der Waals surface area contributed by atoms with Crippen molar-refractivity contribution < 1.29 is 9.90 Å². The van der Waals surface area contributed by atoms with Crippen LogP contribution in [0, 0.1) is 5.92 Å². The summed E-state index contributed by atoms with van der Waals surface area (Å²) in [6.45, 7) is 5.84. The van der Waals surface area contributed by atoms with Crippen molar-refractivity contribution in [1.29, 1.82) is 0 Å². The third-order valence-corrected chi connectivity index (χ3v) is 3.13. The van der Waals surface area contributed by atoms with Gasteiger partial charge in [-0.05, 0) is 25.0 Å². The zero-order valence-corrected chi connectivity index (χ0v) is 11.2. The van der Waals surface area contributed by atoms with E-state index in [4.69, 9.17) is 5.73 Å². The van der Waals surface area contributed by atoms with Gasteiger partial charge >= 0.3 is 0 Å². The molecule has 0 fully saturated rings. The van der Waals surface area contributed by atoms with E-state index in [0.29, 0.717) is 6.54 Å². The topological polar surface area (TPSA) is 75.3 Å². The van der Waals surface area contributed by atoms with E-state index >= 15 is 0 Å². The first kappa shape index (κ1) is 14.7. The summed E-state index contributed by atoms with van der Waals surface area (Å²) in [6.07, 6.45) is -0.466. The standard InChI is InChI=1S/C14H22N2O2/c1-9(10(2)15)14(18)16-8-12-4-6-13(7-5-12)11(3)17/h4-7,9-11,17H,8,15H2,1-3H3,(H,16,18). The first-order valence-electron chi connectivity index (χ1n) is 6.22. The largest absolute Gasteiger partial charge is 0.389 e. The molecular formula is C14H22N2O2. The van der Waals surface area contributed by atoms with Gasteiger partial charge in [-0.2, -0.15) is 0 Å². The second-order valence-electron chi connectivity index (χ2n) is 4.78. The zero-order valence-electron chi connectivity index (χ0n) is 11.2. The SMILES string of the molecule is CC(O)c1ccc(CNC(=O)C(C)C(C)N)cc1. The van der Waals surface area contributed by atoms with E-state index in [1.165, 1.54) is 0 Å². The number of nitrogens with two attached hydrogens (primary N) is 1. The molecule has 0 aliphatic carbocycles. The number of rotatable bonds is 5. The molecule has 0 aliphatic rings. The summed E-state index contributed by atoms with van der Waals surface area (Å²) in [5.41, 5.74) is 7.54. The van der Waals surface area contributed by atoms with Crippen LogP contribution in [0.1, 0.15) is 38.0 Å². The van der Waals surface area contributed by atoms with Gasteiger partial charge in [0.2, 0.25) is 5.91 Å². The third-order valence-electron chi connectivity index (χ3n) is 3.13. The molecule has 3 atom stereocenters. The number of nitrogens with one attached hydrogen (secondary N) is 1. The van der Waals surface area contributed by atoms with Gasteiger partial charge in [0.1, 0.15) is 0 Å². The molecule has 3 unspecified atom stereocenters. The predicted octanol–water partition coefficient (Wildman–Crippen LogP) is 1.34. The Balaban J connectivity index is 2.51. The Morgan fingerprint density at radius 2 is 1.83 bits per heavy atom. The average molecular weight is 250 g/mol. The van der Waals surface area contributed by atoms with E-state index in [1.54, 1.807) is 6.92 Å². The van der Waals surface area contributed by atoms with E-state index in [2.05, 4.69) is 5.32 Å². The molecule has 100 valence electrons. The highest BCUT2D eigenvalue weighted by Crippen LogP contribution is 2.12. The minimum atomic E-state index is -0.466. The van der Waals surface area contributed by atoms with E-state index in [0.717, 1.165) is 11.1 Å². The highest BCUT2D eigenvalue weighted by atomic mass is 16.3. The second-order valence-corrected chi connectivity index (χ2v) is 4.78. The molecule has 0 heterocycles. The Hall–Kier alpha value is -1.39. The van der Waals surface area contributed by atoms with Crippen LogP contribution in [0.2, 0.25) is 0 Å². The summed E-state index contributed by atoms with van der Waals surface area (Å²) in [7, 11) is 0. The lowest BCUT2D eigenvalue weighted by Gasteiger charge is -2.15. The molecule has 4 heteroatoms. The molecule has 1 amide bonds. The van der Waals surface area contributed by atoms with Crippen LogP contribution in [0.4, 0.5) is 0 Å². The van der Waals surface area contributed by atoms with Crippen molar-refractivity contribution in [2.75, 3.05) is 0 Å². The van der Waals surface area contributed by atoms with Crippen molar-refractivity contribution in [3.8, 4) is 0 Å². The van der Waals surface area contributed by atoms with Crippen molar-refractivity contribution in [2.45, 2.75) is 39.5 Å². The molecule has 1 aromatic rings. The maximum atomic E-state index is 11.7. The van der Waals surface area contributed by atoms with Crippen molar-refractivity contribution >= 4 is 5.91 Å². The molecule has 1 rings (SSSR count). The van der Waals surface area contributed by atoms with Crippen molar-refractivity contribution in [3.63, 3.8) is 0 Å². The quantitative estimate of drug-likeness (QED) is 0.738. The molecule has 1 aromatic carbocycles. The number of aliphatic hydroxyl groups excluding tert-OH is 1. The summed E-state index contributed by atoms with van der Waals surface area (Å²) in [4.78, 5) is 11.7. The van der Waals surface area contributed by atoms with Gasteiger partial charge in [-0.1, -0.05) is 31.2 Å². The van der Waals surface area contributed by atoms with Gasteiger partial charge in [0.25, 0.3) is 0 Å². The van der Waals surface area contributed by atoms with E-state index < -0.39 is 6.10 Å². The number of carbonyl (C=O) groups excluding carboxylic acids is 1. The normalized spacial score (nSPS) is 15.8. The summed E-state index contributed by atoms with van der Waals surface area (Å²) >= 11 is 0. The molecule has 0 saturated carbocycles. The Morgan fingerprint density at radius 1 is 1.28 bits per heavy atom. The number of hydrogen-bond donors (Lipinski definition) is 3. The Labute approximate surface area is 108 Å². The fourth-order valence-electron chi connectivity index (χ4n) is 1.50. The lowest BCUT2D eigenvalue weighted by atomic mass is 10.0. The van der Waals surface area contributed by atoms with Crippen LogP contribution in [-0.4, -0.2) is 17.1 Å². The van der Waals surface area contributed by atoms with Gasteiger partial charge in [-0.25, -0.2) is 0 Å². The number of hydrogen-bond acceptors (Lipinski definition) is 3. The summed E-state index contributed by atoms with van der Waals surface area (Å²) in [5, 5.41) is 12.2. The highest BCUT2D eigenvalue weighted by Gasteiger charge is 2.16. The second kappa shape index (κ2) is 6.52. The van der Waals surface area contributed by atoms with Crippen LogP contribution in [0.15, 0.2) is 24.3 Å². The maximum absolute atomic E-state index is 11.7. The summed E-state index contributed by atoms with van der Waals surface area (Å²) in [6, 6.07) is 7.38. The van der Waals surface area contributed by atoms with E-state index in [-0.39, 0.29) is 17.9 Å². The first-order chi connectivity index (χ1) is 8.41. The van der Waals surface area contributed by atoms with Gasteiger partial charge in [0.15, 0.2) is 0 Å². The predicted molar refractivity (Wildman–Crippen MR) is 71.7 cm³/mol. The van der Waals surface area contributed by atoms with Crippen LogP contribution in [-0.2, 0) is 11.3 Å². The molecule has 0 bridgehead atoms. The number of carbonyl (C=O) groups is 1.